The van der Waals surface area contributed by atoms with Crippen LogP contribution in [0.25, 0.3) is 0 Å². The molecule has 0 saturated heterocycles. The van der Waals surface area contributed by atoms with Crippen molar-refractivity contribution >= 4 is 43.1 Å². The lowest BCUT2D eigenvalue weighted by atomic mass is 10.4. The molecule has 0 atom stereocenters. The maximum absolute atomic E-state index is 12.3. The Morgan fingerprint density at radius 3 is 2.81 bits per heavy atom. The molecule has 0 aliphatic heterocycles. The highest BCUT2D eigenvalue weighted by atomic mass is 79.9. The maximum Gasteiger partial charge on any atom is 0.241 e. The zero-order valence-corrected chi connectivity index (χ0v) is 14.7. The van der Waals surface area contributed by atoms with Crippen molar-refractivity contribution in [3.63, 3.8) is 0 Å². The summed E-state index contributed by atoms with van der Waals surface area (Å²) in [5.41, 5.74) is 0. The molecular weight excluding hydrogens is 374 g/mol. The molecule has 114 valence electrons. The number of rotatable bonds is 7. The van der Waals surface area contributed by atoms with E-state index in [2.05, 4.69) is 31.0 Å². The van der Waals surface area contributed by atoms with Crippen LogP contribution in [0.2, 0.25) is 0 Å². The van der Waals surface area contributed by atoms with Gasteiger partial charge in [-0.05, 0) is 40.5 Å². The zero-order chi connectivity index (χ0) is 15.3. The minimum absolute atomic E-state index is 0.215. The second kappa shape index (κ2) is 7.35. The Balaban J connectivity index is 2.08. The number of halogens is 1. The fourth-order valence-corrected chi connectivity index (χ4v) is 4.16. The lowest BCUT2D eigenvalue weighted by Gasteiger charge is -2.08. The van der Waals surface area contributed by atoms with Crippen molar-refractivity contribution in [2.75, 3.05) is 11.9 Å². The number of aromatic nitrogens is 1. The average molecular weight is 390 g/mol. The van der Waals surface area contributed by atoms with Crippen LogP contribution in [0.4, 0.5) is 5.82 Å². The van der Waals surface area contributed by atoms with E-state index in [4.69, 9.17) is 0 Å². The minimum Gasteiger partial charge on any atom is -0.370 e. The van der Waals surface area contributed by atoms with Gasteiger partial charge in [-0.25, -0.2) is 18.1 Å². The molecule has 2 rings (SSSR count). The van der Waals surface area contributed by atoms with Gasteiger partial charge >= 0.3 is 0 Å². The molecule has 2 aromatic rings. The Hall–Kier alpha value is -0.960. The molecule has 0 amide bonds. The van der Waals surface area contributed by atoms with Crippen LogP contribution < -0.4 is 10.0 Å². The number of thiophene rings is 1. The standard InChI is InChI=1S/C13H16BrN3O2S2/c1-2-6-15-13-8-11(5-7-16-13)21(18,19)17-9-10-3-4-12(14)20-10/h3-5,7-8,17H,2,6,9H2,1H3,(H,15,16). The van der Waals surface area contributed by atoms with Crippen LogP contribution in [0.3, 0.4) is 0 Å². The van der Waals surface area contributed by atoms with Crippen molar-refractivity contribution in [2.45, 2.75) is 24.8 Å². The first kappa shape index (κ1) is 16.4. The molecule has 8 heteroatoms. The number of hydrogen-bond donors (Lipinski definition) is 2. The molecule has 0 aromatic carbocycles. The third kappa shape index (κ3) is 4.77. The highest BCUT2D eigenvalue weighted by molar-refractivity contribution is 9.11. The van der Waals surface area contributed by atoms with Crippen LogP contribution in [-0.4, -0.2) is 19.9 Å². The highest BCUT2D eigenvalue weighted by Gasteiger charge is 2.15. The molecule has 0 aliphatic rings. The number of nitrogens with one attached hydrogen (secondary N) is 2. The van der Waals surface area contributed by atoms with Crippen LogP contribution in [0.5, 0.6) is 0 Å². The van der Waals surface area contributed by atoms with E-state index in [1.807, 2.05) is 19.1 Å². The van der Waals surface area contributed by atoms with Gasteiger partial charge in [-0.3, -0.25) is 0 Å². The van der Waals surface area contributed by atoms with Gasteiger partial charge in [-0.2, -0.15) is 0 Å². The zero-order valence-electron chi connectivity index (χ0n) is 11.5. The molecule has 0 spiro atoms. The van der Waals surface area contributed by atoms with Gasteiger partial charge in [0.15, 0.2) is 0 Å². The molecule has 0 aliphatic carbocycles. The van der Waals surface area contributed by atoms with E-state index in [1.54, 1.807) is 6.07 Å². The van der Waals surface area contributed by atoms with Crippen LogP contribution in [0.15, 0.2) is 39.1 Å². The highest BCUT2D eigenvalue weighted by Crippen LogP contribution is 2.22. The van der Waals surface area contributed by atoms with Crippen molar-refractivity contribution in [1.29, 1.82) is 0 Å². The van der Waals surface area contributed by atoms with E-state index >= 15 is 0 Å². The predicted octanol–water partition coefficient (Wildman–Crippen LogP) is 3.21. The second-order valence-electron chi connectivity index (χ2n) is 4.33. The minimum atomic E-state index is -3.54. The van der Waals surface area contributed by atoms with Crippen molar-refractivity contribution in [2.24, 2.45) is 0 Å². The normalized spacial score (nSPS) is 11.5. The largest absolute Gasteiger partial charge is 0.370 e. The number of hydrogen-bond acceptors (Lipinski definition) is 5. The Morgan fingerprint density at radius 2 is 2.14 bits per heavy atom. The monoisotopic (exact) mass is 389 g/mol. The van der Waals surface area contributed by atoms with Crippen LogP contribution in [0.1, 0.15) is 18.2 Å². The number of sulfonamides is 1. The Morgan fingerprint density at radius 1 is 1.33 bits per heavy atom. The summed E-state index contributed by atoms with van der Waals surface area (Å²) < 4.78 is 28.1. The Bertz CT molecular complexity index is 701. The fraction of sp³-hybridized carbons (Fsp3) is 0.308. The number of nitrogens with zero attached hydrogens (tertiary/aromatic N) is 1. The molecule has 0 unspecified atom stereocenters. The van der Waals surface area contributed by atoms with Gasteiger partial charge in [-0.15, -0.1) is 11.3 Å². The van der Waals surface area contributed by atoms with Gasteiger partial charge in [-0.1, -0.05) is 6.92 Å². The third-order valence-corrected chi connectivity index (χ3v) is 5.69. The van der Waals surface area contributed by atoms with E-state index in [1.165, 1.54) is 23.6 Å². The average Bonchev–Trinajstić information content (AvgIpc) is 2.89. The second-order valence-corrected chi connectivity index (χ2v) is 8.65. The van der Waals surface area contributed by atoms with Crippen molar-refractivity contribution in [3.8, 4) is 0 Å². The summed E-state index contributed by atoms with van der Waals surface area (Å²) in [6, 6.07) is 6.82. The summed E-state index contributed by atoms with van der Waals surface area (Å²) in [4.78, 5) is 5.27. The van der Waals surface area contributed by atoms with Gasteiger partial charge < -0.3 is 5.32 Å². The lowest BCUT2D eigenvalue weighted by Crippen LogP contribution is -2.23. The predicted molar refractivity (Wildman–Crippen MR) is 89.1 cm³/mol. The summed E-state index contributed by atoms with van der Waals surface area (Å²) in [5.74, 6) is 0.568. The molecule has 2 heterocycles. The molecule has 0 fully saturated rings. The van der Waals surface area contributed by atoms with Crippen molar-refractivity contribution < 1.29 is 8.42 Å². The Kier molecular flexibility index (Phi) is 5.74. The van der Waals surface area contributed by atoms with Gasteiger partial charge in [0.05, 0.1) is 8.68 Å². The quantitative estimate of drug-likeness (QED) is 0.762. The first-order valence-electron chi connectivity index (χ1n) is 6.45. The number of pyridine rings is 1. The van der Waals surface area contributed by atoms with Gasteiger partial charge in [0.25, 0.3) is 0 Å². The summed E-state index contributed by atoms with van der Waals surface area (Å²) in [6.07, 6.45) is 2.44. The van der Waals surface area contributed by atoms with E-state index in [0.717, 1.165) is 21.6 Å². The molecule has 2 N–H and O–H groups in total. The van der Waals surface area contributed by atoms with Gasteiger partial charge in [0, 0.05) is 30.2 Å². The smallest absolute Gasteiger partial charge is 0.241 e. The van der Waals surface area contributed by atoms with Crippen molar-refractivity contribution in [3.05, 3.63) is 39.1 Å². The summed E-state index contributed by atoms with van der Waals surface area (Å²) in [6.45, 7) is 3.07. The molecule has 2 aromatic heterocycles. The first-order chi connectivity index (χ1) is 10.0. The molecule has 0 radical (unpaired) electrons. The number of anilines is 1. The first-order valence-corrected chi connectivity index (χ1v) is 9.54. The van der Waals surface area contributed by atoms with Crippen LogP contribution in [0, 0.1) is 0 Å². The molecular formula is C13H16BrN3O2S2. The molecule has 21 heavy (non-hydrogen) atoms. The van der Waals surface area contributed by atoms with Gasteiger partial charge in [0.2, 0.25) is 10.0 Å². The summed E-state index contributed by atoms with van der Waals surface area (Å²) in [7, 11) is -3.54. The summed E-state index contributed by atoms with van der Waals surface area (Å²) in [5, 5.41) is 3.08. The Labute approximate surface area is 137 Å². The molecule has 0 saturated carbocycles. The SMILES string of the molecule is CCCNc1cc(S(=O)(=O)NCc2ccc(Br)s2)ccn1. The van der Waals surface area contributed by atoms with E-state index in [0.29, 0.717) is 5.82 Å². The molecule has 5 nitrogen and oxygen atoms in total. The van der Waals surface area contributed by atoms with Crippen molar-refractivity contribution in [1.82, 2.24) is 9.71 Å². The summed E-state index contributed by atoms with van der Waals surface area (Å²) >= 11 is 4.86. The lowest BCUT2D eigenvalue weighted by molar-refractivity contribution is 0.581. The van der Waals surface area contributed by atoms with E-state index in [9.17, 15) is 8.42 Å². The van der Waals surface area contributed by atoms with Gasteiger partial charge in [0.1, 0.15) is 5.82 Å². The molecule has 0 bridgehead atoms. The fourth-order valence-electron chi connectivity index (χ4n) is 1.62. The van der Waals surface area contributed by atoms with Crippen LogP contribution >= 0.6 is 27.3 Å². The third-order valence-electron chi connectivity index (χ3n) is 2.66. The van der Waals surface area contributed by atoms with Crippen LogP contribution in [-0.2, 0) is 16.6 Å². The maximum atomic E-state index is 12.3. The topological polar surface area (TPSA) is 71.1 Å². The van der Waals surface area contributed by atoms with E-state index in [-0.39, 0.29) is 11.4 Å². The van der Waals surface area contributed by atoms with E-state index < -0.39 is 10.0 Å².